The SMILES string of the molecule is COc1ccc2c(O[C@@H]3C[C@H]4C(=O)N[C@]5(C(=O)NS(=O)(=O)C6CC6)C[C@@H]5CCCCCCCC(=O)N4C3)cc(-c3nc(C(C)C)cs3)nc2c1. The van der Waals surface area contributed by atoms with Crippen molar-refractivity contribution in [2.45, 2.75) is 113 Å². The largest absolute Gasteiger partial charge is 0.497 e. The number of carbonyl (C=O) groups excluding carboxylic acids is 3. The van der Waals surface area contributed by atoms with Gasteiger partial charge in [0.2, 0.25) is 21.8 Å². The van der Waals surface area contributed by atoms with Crippen molar-refractivity contribution in [1.29, 1.82) is 0 Å². The lowest BCUT2D eigenvalue weighted by Gasteiger charge is -2.27. The second-order valence-corrected chi connectivity index (χ2v) is 17.3. The van der Waals surface area contributed by atoms with Crippen LogP contribution in [0.1, 0.15) is 96.1 Å². The Morgan fingerprint density at radius 3 is 2.60 bits per heavy atom. The van der Waals surface area contributed by atoms with Crippen LogP contribution in [0.5, 0.6) is 11.5 Å². The predicted molar refractivity (Wildman–Crippen MR) is 189 cm³/mol. The van der Waals surface area contributed by atoms with Gasteiger partial charge in [0.25, 0.3) is 5.91 Å². The summed E-state index contributed by atoms with van der Waals surface area (Å²) in [6.07, 6.45) is 6.57. The maximum atomic E-state index is 14.1. The minimum Gasteiger partial charge on any atom is -0.497 e. The molecule has 3 amide bonds. The Balaban J connectivity index is 1.17. The molecule has 50 heavy (non-hydrogen) atoms. The molecule has 1 aromatic carbocycles. The minimum atomic E-state index is -3.80. The van der Waals surface area contributed by atoms with Crippen LogP contribution in [0.3, 0.4) is 0 Å². The van der Waals surface area contributed by atoms with E-state index >= 15 is 0 Å². The number of hydrogen-bond donors (Lipinski definition) is 2. The highest BCUT2D eigenvalue weighted by Gasteiger charge is 2.62. The predicted octanol–water partition coefficient (Wildman–Crippen LogP) is 5.07. The molecule has 0 spiro atoms. The van der Waals surface area contributed by atoms with Crippen LogP contribution in [0.2, 0.25) is 0 Å². The first-order valence-electron chi connectivity index (χ1n) is 17.8. The van der Waals surface area contributed by atoms with E-state index in [-0.39, 0.29) is 30.7 Å². The zero-order chi connectivity index (χ0) is 35.2. The van der Waals surface area contributed by atoms with E-state index in [1.807, 2.05) is 29.6 Å². The standard InChI is InChI=1S/C36H45N5O7S2/c1-21(2)29-20-49-34(38-29)28-17-31(26-14-11-23(47-3)15-27(26)37-28)48-24-16-30-33(43)39-36(35(44)40-50(45,46)25-12-13-25)18-22(36)9-7-5-4-6-8-10-32(42)41(30)19-24/h11,14-15,17,20-22,24-25,30H,4-10,12-13,16,18-19H2,1-3H3,(H,39,43)(H,40,44)/t22-,24+,30-,36+/m0/s1. The third kappa shape index (κ3) is 7.05. The van der Waals surface area contributed by atoms with Gasteiger partial charge in [0, 0.05) is 35.7 Å². The van der Waals surface area contributed by atoms with Gasteiger partial charge in [-0.2, -0.15) is 0 Å². The molecule has 268 valence electrons. The van der Waals surface area contributed by atoms with Gasteiger partial charge >= 0.3 is 0 Å². The van der Waals surface area contributed by atoms with Crippen molar-refractivity contribution in [3.05, 3.63) is 35.3 Å². The maximum absolute atomic E-state index is 14.1. The van der Waals surface area contributed by atoms with Crippen LogP contribution in [0.4, 0.5) is 0 Å². The van der Waals surface area contributed by atoms with Crippen molar-refractivity contribution >= 4 is 50.0 Å². The van der Waals surface area contributed by atoms with Crippen molar-refractivity contribution in [2.75, 3.05) is 13.7 Å². The molecule has 2 aromatic heterocycles. The molecule has 4 fully saturated rings. The molecule has 0 unspecified atom stereocenters. The van der Waals surface area contributed by atoms with Crippen molar-refractivity contribution in [2.24, 2.45) is 5.92 Å². The van der Waals surface area contributed by atoms with E-state index in [0.717, 1.165) is 54.6 Å². The van der Waals surface area contributed by atoms with Crippen molar-refractivity contribution in [3.63, 3.8) is 0 Å². The Hall–Kier alpha value is -3.78. The van der Waals surface area contributed by atoms with Crippen LogP contribution in [0.15, 0.2) is 29.6 Å². The lowest BCUT2D eigenvalue weighted by molar-refractivity contribution is -0.140. The third-order valence-corrected chi connectivity index (χ3v) is 13.2. The summed E-state index contributed by atoms with van der Waals surface area (Å²) in [4.78, 5) is 52.7. The first-order chi connectivity index (χ1) is 24.0. The Labute approximate surface area is 296 Å². The summed E-state index contributed by atoms with van der Waals surface area (Å²) in [6, 6.07) is 6.55. The smallest absolute Gasteiger partial charge is 0.259 e. The summed E-state index contributed by atoms with van der Waals surface area (Å²) in [5.41, 5.74) is 0.980. The van der Waals surface area contributed by atoms with E-state index in [2.05, 4.69) is 23.9 Å². The summed E-state index contributed by atoms with van der Waals surface area (Å²) < 4.78 is 39.9. The summed E-state index contributed by atoms with van der Waals surface area (Å²) in [6.45, 7) is 4.37. The number of ether oxygens (including phenoxy) is 2. The molecule has 12 nitrogen and oxygen atoms in total. The lowest BCUT2D eigenvalue weighted by atomic mass is 10.0. The van der Waals surface area contributed by atoms with E-state index in [1.54, 1.807) is 12.0 Å². The highest BCUT2D eigenvalue weighted by molar-refractivity contribution is 7.91. The van der Waals surface area contributed by atoms with Crippen LogP contribution in [-0.2, 0) is 24.4 Å². The zero-order valence-corrected chi connectivity index (χ0v) is 30.4. The molecule has 2 N–H and O–H groups in total. The van der Waals surface area contributed by atoms with Gasteiger partial charge in [-0.3, -0.25) is 19.1 Å². The Morgan fingerprint density at radius 2 is 1.86 bits per heavy atom. The average Bonchev–Trinajstić information content (AvgIpc) is 3.96. The first-order valence-corrected chi connectivity index (χ1v) is 20.2. The molecule has 2 saturated heterocycles. The van der Waals surface area contributed by atoms with Crippen molar-refractivity contribution in [3.8, 4) is 22.2 Å². The molecular formula is C36H45N5O7S2. The van der Waals surface area contributed by atoms with E-state index < -0.39 is 44.8 Å². The van der Waals surface area contributed by atoms with Crippen molar-refractivity contribution in [1.82, 2.24) is 24.9 Å². The van der Waals surface area contributed by atoms with E-state index in [9.17, 15) is 22.8 Å². The molecule has 4 atom stereocenters. The van der Waals surface area contributed by atoms with Crippen LogP contribution < -0.4 is 19.5 Å². The van der Waals surface area contributed by atoms with Gasteiger partial charge in [0.15, 0.2) is 0 Å². The normalized spacial score (nSPS) is 26.2. The number of thiazole rings is 1. The van der Waals surface area contributed by atoms with E-state index in [4.69, 9.17) is 19.4 Å². The summed E-state index contributed by atoms with van der Waals surface area (Å²) in [7, 11) is -2.20. The summed E-state index contributed by atoms with van der Waals surface area (Å²) >= 11 is 1.51. The van der Waals surface area contributed by atoms with Gasteiger partial charge in [0.05, 0.1) is 30.1 Å². The fourth-order valence-corrected chi connectivity index (χ4v) is 9.56. The molecule has 0 radical (unpaired) electrons. The Morgan fingerprint density at radius 1 is 1.08 bits per heavy atom. The van der Waals surface area contributed by atoms with Crippen LogP contribution >= 0.6 is 11.3 Å². The second kappa shape index (κ2) is 13.7. The Bertz CT molecular complexity index is 1910. The fourth-order valence-electron chi connectivity index (χ4n) is 7.26. The van der Waals surface area contributed by atoms with Gasteiger partial charge in [0.1, 0.15) is 39.9 Å². The summed E-state index contributed by atoms with van der Waals surface area (Å²) in [5, 5.41) is 5.95. The number of benzene rings is 1. The van der Waals surface area contributed by atoms with E-state index in [1.165, 1.54) is 11.3 Å². The number of amides is 3. The van der Waals surface area contributed by atoms with Crippen LogP contribution in [0, 0.1) is 5.92 Å². The fraction of sp³-hybridized carbons (Fsp3) is 0.583. The van der Waals surface area contributed by atoms with Gasteiger partial charge in [-0.1, -0.05) is 39.5 Å². The number of methoxy groups -OCH3 is 1. The van der Waals surface area contributed by atoms with Crippen LogP contribution in [0.25, 0.3) is 21.6 Å². The summed E-state index contributed by atoms with van der Waals surface area (Å²) in [5.74, 6) is 0.0333. The van der Waals surface area contributed by atoms with Gasteiger partial charge in [-0.15, -0.1) is 11.3 Å². The number of nitrogens with zero attached hydrogens (tertiary/aromatic N) is 3. The minimum absolute atomic E-state index is 0.135. The first kappa shape index (κ1) is 34.7. The third-order valence-electron chi connectivity index (χ3n) is 10.5. The molecule has 4 heterocycles. The molecule has 14 heteroatoms. The van der Waals surface area contributed by atoms with Crippen molar-refractivity contribution < 1.29 is 32.3 Å². The van der Waals surface area contributed by atoms with Gasteiger partial charge in [-0.05, 0) is 56.1 Å². The van der Waals surface area contributed by atoms with Gasteiger partial charge < -0.3 is 19.7 Å². The molecule has 7 rings (SSSR count). The Kier molecular flexibility index (Phi) is 9.52. The molecule has 2 aliphatic heterocycles. The zero-order valence-electron chi connectivity index (χ0n) is 28.8. The topological polar surface area (TPSA) is 157 Å². The van der Waals surface area contributed by atoms with E-state index in [0.29, 0.717) is 48.4 Å². The lowest BCUT2D eigenvalue weighted by Crippen LogP contribution is -2.56. The van der Waals surface area contributed by atoms with Crippen LogP contribution in [-0.4, -0.2) is 77.6 Å². The number of hydrogen-bond acceptors (Lipinski definition) is 10. The highest BCUT2D eigenvalue weighted by atomic mass is 32.2. The molecular weight excluding hydrogens is 679 g/mol. The monoisotopic (exact) mass is 723 g/mol. The second-order valence-electron chi connectivity index (χ2n) is 14.5. The quantitative estimate of drug-likeness (QED) is 0.324. The number of rotatable bonds is 8. The number of carbonyl (C=O) groups is 3. The molecule has 3 aromatic rings. The van der Waals surface area contributed by atoms with Gasteiger partial charge in [-0.25, -0.2) is 18.4 Å². The number of fused-ring (bicyclic) bond motifs is 3. The number of aromatic nitrogens is 2. The molecule has 4 aliphatic rings. The molecule has 2 aliphatic carbocycles. The number of pyridine rings is 1. The molecule has 0 bridgehead atoms. The molecule has 2 saturated carbocycles. The number of nitrogens with one attached hydrogen (secondary N) is 2. The average molecular weight is 724 g/mol. The number of sulfonamides is 1. The maximum Gasteiger partial charge on any atom is 0.259 e. The highest BCUT2D eigenvalue weighted by Crippen LogP contribution is 2.48.